The van der Waals surface area contributed by atoms with E-state index in [0.29, 0.717) is 20.9 Å². The number of carbonyl (C=O) groups is 3. The van der Waals surface area contributed by atoms with Crippen molar-refractivity contribution in [2.75, 3.05) is 10.6 Å². The summed E-state index contributed by atoms with van der Waals surface area (Å²) in [4.78, 5) is 41.2. The molecule has 1 heterocycles. The molecule has 0 aliphatic heterocycles. The van der Waals surface area contributed by atoms with Crippen LogP contribution in [0.25, 0.3) is 10.4 Å². The van der Waals surface area contributed by atoms with Crippen LogP contribution in [0.3, 0.4) is 0 Å². The maximum Gasteiger partial charge on any atom is 0.331 e. The second-order valence-corrected chi connectivity index (χ2v) is 10.3. The Kier molecular flexibility index (Phi) is 8.73. The Labute approximate surface area is 214 Å². The van der Waals surface area contributed by atoms with Crippen LogP contribution < -0.4 is 10.6 Å². The van der Waals surface area contributed by atoms with Gasteiger partial charge in [0.15, 0.2) is 5.13 Å². The smallest absolute Gasteiger partial charge is 0.331 e. The lowest BCUT2D eigenvalue weighted by atomic mass is 10.2. The van der Waals surface area contributed by atoms with Crippen molar-refractivity contribution < 1.29 is 19.5 Å². The van der Waals surface area contributed by atoms with E-state index < -0.39 is 17.1 Å². The molecule has 0 spiro atoms. The van der Waals surface area contributed by atoms with E-state index in [1.54, 1.807) is 55.6 Å². The lowest BCUT2D eigenvalue weighted by molar-refractivity contribution is -0.132. The first-order chi connectivity index (χ1) is 16.1. The topological polar surface area (TPSA) is 108 Å². The highest BCUT2D eigenvalue weighted by Gasteiger charge is 2.17. The van der Waals surface area contributed by atoms with Gasteiger partial charge in [0, 0.05) is 39.0 Å². The van der Waals surface area contributed by atoms with Crippen LogP contribution in [0, 0.1) is 0 Å². The number of aliphatic carboxylic acids is 1. The molecule has 11 heteroatoms. The maximum atomic E-state index is 12.6. The number of thioether (sulfide) groups is 1. The average Bonchev–Trinajstić information content (AvgIpc) is 3.22. The predicted octanol–water partition coefficient (Wildman–Crippen LogP) is 6.21. The van der Waals surface area contributed by atoms with Gasteiger partial charge in [0.2, 0.25) is 11.8 Å². The molecule has 0 unspecified atom stereocenters. The molecule has 2 aromatic carbocycles. The Morgan fingerprint density at radius 2 is 1.82 bits per heavy atom. The van der Waals surface area contributed by atoms with E-state index in [9.17, 15) is 14.4 Å². The molecule has 1 aromatic heterocycles. The van der Waals surface area contributed by atoms with Crippen molar-refractivity contribution in [3.05, 3.63) is 70.4 Å². The third-order valence-electron chi connectivity index (χ3n) is 4.42. The highest BCUT2D eigenvalue weighted by atomic mass is 35.5. The normalized spacial score (nSPS) is 12.2. The van der Waals surface area contributed by atoms with E-state index in [2.05, 4.69) is 15.6 Å². The lowest BCUT2D eigenvalue weighted by Crippen LogP contribution is -2.22. The third kappa shape index (κ3) is 7.07. The van der Waals surface area contributed by atoms with Crippen LogP contribution in [0.4, 0.5) is 10.8 Å². The molecule has 0 aliphatic carbocycles. The van der Waals surface area contributed by atoms with Crippen molar-refractivity contribution in [2.24, 2.45) is 0 Å². The highest BCUT2D eigenvalue weighted by Crippen LogP contribution is 2.35. The van der Waals surface area contributed by atoms with Gasteiger partial charge in [-0.25, -0.2) is 9.78 Å². The summed E-state index contributed by atoms with van der Waals surface area (Å²) in [5.41, 5.74) is 1.23. The van der Waals surface area contributed by atoms with Crippen LogP contribution in [0.1, 0.15) is 13.8 Å². The molecular weight excluding hydrogens is 517 g/mol. The van der Waals surface area contributed by atoms with Gasteiger partial charge in [0.05, 0.1) is 15.1 Å². The number of nitrogens with zero attached hydrogens (tertiary/aromatic N) is 1. The van der Waals surface area contributed by atoms with Gasteiger partial charge in [0.25, 0.3) is 0 Å². The fourth-order valence-electron chi connectivity index (χ4n) is 2.66. The lowest BCUT2D eigenvalue weighted by Gasteiger charge is -2.11. The van der Waals surface area contributed by atoms with Gasteiger partial charge >= 0.3 is 5.97 Å². The van der Waals surface area contributed by atoms with Crippen LogP contribution >= 0.6 is 46.3 Å². The summed E-state index contributed by atoms with van der Waals surface area (Å²) in [6.45, 7) is 3.12. The van der Waals surface area contributed by atoms with Crippen molar-refractivity contribution in [2.45, 2.75) is 24.0 Å². The number of benzene rings is 2. The zero-order chi connectivity index (χ0) is 24.8. The van der Waals surface area contributed by atoms with Crippen molar-refractivity contribution in [1.29, 1.82) is 0 Å². The van der Waals surface area contributed by atoms with E-state index >= 15 is 0 Å². The van der Waals surface area contributed by atoms with Crippen LogP contribution in [-0.2, 0) is 14.4 Å². The molecule has 176 valence electrons. The molecule has 0 radical (unpaired) electrons. The molecule has 1 atom stereocenters. The molecule has 3 N–H and O–H groups in total. The number of carboxylic acid groups (broad SMARTS) is 1. The monoisotopic (exact) mass is 535 g/mol. The number of hydrogen-bond acceptors (Lipinski definition) is 6. The Morgan fingerprint density at radius 1 is 1.12 bits per heavy atom. The number of thiazole rings is 1. The molecule has 0 saturated carbocycles. The van der Waals surface area contributed by atoms with Gasteiger partial charge in [-0.1, -0.05) is 40.6 Å². The van der Waals surface area contributed by atoms with E-state index in [1.807, 2.05) is 0 Å². The molecule has 0 bridgehead atoms. The first-order valence-electron chi connectivity index (χ1n) is 9.84. The number of amides is 2. The molecule has 2 amide bonds. The number of halogens is 2. The van der Waals surface area contributed by atoms with Crippen LogP contribution in [-0.4, -0.2) is 33.1 Å². The van der Waals surface area contributed by atoms with Gasteiger partial charge in [-0.15, -0.1) is 11.8 Å². The van der Waals surface area contributed by atoms with E-state index in [1.165, 1.54) is 30.0 Å². The number of nitrogens with one attached hydrogen (secondary N) is 2. The largest absolute Gasteiger partial charge is 0.478 e. The van der Waals surface area contributed by atoms with Gasteiger partial charge in [-0.05, 0) is 50.2 Å². The minimum Gasteiger partial charge on any atom is -0.478 e. The first kappa shape index (κ1) is 25.8. The number of rotatable bonds is 8. The number of anilines is 2. The summed E-state index contributed by atoms with van der Waals surface area (Å²) in [6.07, 6.45) is 2.66. The van der Waals surface area contributed by atoms with Crippen LogP contribution in [0.5, 0.6) is 0 Å². The maximum absolute atomic E-state index is 12.6. The molecule has 34 heavy (non-hydrogen) atoms. The number of carbonyl (C=O) groups excluding carboxylic acids is 2. The Morgan fingerprint density at radius 3 is 2.47 bits per heavy atom. The fourth-order valence-corrected chi connectivity index (χ4v) is 4.96. The van der Waals surface area contributed by atoms with E-state index in [4.69, 9.17) is 28.3 Å². The quantitative estimate of drug-likeness (QED) is 0.234. The average molecular weight is 536 g/mol. The molecule has 7 nitrogen and oxygen atoms in total. The zero-order valence-electron chi connectivity index (χ0n) is 18.0. The summed E-state index contributed by atoms with van der Waals surface area (Å²) in [6, 6.07) is 12.1. The predicted molar refractivity (Wildman–Crippen MR) is 138 cm³/mol. The first-order valence-corrected chi connectivity index (χ1v) is 12.3. The summed E-state index contributed by atoms with van der Waals surface area (Å²) >= 11 is 14.8. The summed E-state index contributed by atoms with van der Waals surface area (Å²) in [5, 5.41) is 15.3. The minimum absolute atomic E-state index is 0.0619. The summed E-state index contributed by atoms with van der Waals surface area (Å²) < 4.78 is 0. The van der Waals surface area contributed by atoms with E-state index in [0.717, 1.165) is 21.4 Å². The second kappa shape index (κ2) is 11.5. The van der Waals surface area contributed by atoms with Crippen molar-refractivity contribution in [1.82, 2.24) is 4.98 Å². The SMILES string of the molecule is C/C(=C\C(=O)Nc1ccc(S[C@H](C)C(=O)Nc2ncc(-c3ccc(Cl)cc3Cl)s2)cc1)C(=O)O. The van der Waals surface area contributed by atoms with Gasteiger partial charge < -0.3 is 15.7 Å². The second-order valence-electron chi connectivity index (χ2n) is 7.05. The molecule has 3 aromatic rings. The minimum atomic E-state index is -1.16. The standard InChI is InChI=1S/C23H19Cl2N3O4S2/c1-12(22(31)32)9-20(29)27-15-4-6-16(7-5-15)33-13(2)21(30)28-23-26-11-19(34-23)17-8-3-14(24)10-18(17)25/h3-11,13H,1-2H3,(H,27,29)(H,31,32)(H,26,28,30)/b12-9+/t13-/m1/s1. The number of aromatic nitrogens is 1. The van der Waals surface area contributed by atoms with Crippen LogP contribution in [0.15, 0.2) is 65.2 Å². The molecule has 0 aliphatic rings. The number of hydrogen-bond donors (Lipinski definition) is 3. The Balaban J connectivity index is 1.56. The Hall–Kier alpha value is -2.85. The van der Waals surface area contributed by atoms with E-state index in [-0.39, 0.29) is 11.5 Å². The molecular formula is C23H19Cl2N3O4S2. The van der Waals surface area contributed by atoms with Crippen LogP contribution in [0.2, 0.25) is 10.0 Å². The Bertz CT molecular complexity index is 1260. The molecule has 0 fully saturated rings. The van der Waals surface area contributed by atoms with Crippen molar-refractivity contribution in [3.8, 4) is 10.4 Å². The summed E-state index contributed by atoms with van der Waals surface area (Å²) in [5.74, 6) is -1.90. The highest BCUT2D eigenvalue weighted by molar-refractivity contribution is 8.00. The fraction of sp³-hybridized carbons (Fsp3) is 0.130. The van der Waals surface area contributed by atoms with Gasteiger partial charge in [-0.3, -0.25) is 9.59 Å². The van der Waals surface area contributed by atoms with Crippen molar-refractivity contribution >= 4 is 74.9 Å². The third-order valence-corrected chi connectivity index (χ3v) is 7.03. The number of carboxylic acids is 1. The molecule has 3 rings (SSSR count). The zero-order valence-corrected chi connectivity index (χ0v) is 21.1. The van der Waals surface area contributed by atoms with Gasteiger partial charge in [0.1, 0.15) is 0 Å². The van der Waals surface area contributed by atoms with Gasteiger partial charge in [-0.2, -0.15) is 0 Å². The van der Waals surface area contributed by atoms with Crippen molar-refractivity contribution in [3.63, 3.8) is 0 Å². The molecule has 0 saturated heterocycles. The summed E-state index contributed by atoms with van der Waals surface area (Å²) in [7, 11) is 0.